The molecule has 1 aromatic rings. The first-order chi connectivity index (χ1) is 10.1. The zero-order chi connectivity index (χ0) is 15.0. The van der Waals surface area contributed by atoms with Crippen LogP contribution in [-0.2, 0) is 0 Å². The van der Waals surface area contributed by atoms with Gasteiger partial charge in [-0.3, -0.25) is 4.79 Å². The molecule has 1 aromatic carbocycles. The fourth-order valence-corrected chi connectivity index (χ4v) is 2.90. The summed E-state index contributed by atoms with van der Waals surface area (Å²) in [6, 6.07) is 3.91. The molecule has 0 atom stereocenters. The van der Waals surface area contributed by atoms with E-state index in [0.29, 0.717) is 28.8 Å². The van der Waals surface area contributed by atoms with E-state index in [4.69, 9.17) is 15.2 Å². The van der Waals surface area contributed by atoms with Crippen molar-refractivity contribution >= 4 is 11.6 Å². The number of amides is 1. The number of nitrogens with zero attached hydrogens (tertiary/aromatic N) is 2. The maximum Gasteiger partial charge on any atom is 0.256 e. The standard InChI is InChI=1S/C15H21N3O3/c1-17(2)10-3-5-18(6-4-10)15(19)11-7-13-14(8-12(11)16)21-9-20-13/h7-8,10H,3-6,9,16H2,1-2H3. The van der Waals surface area contributed by atoms with Crippen LogP contribution in [-0.4, -0.2) is 55.7 Å². The number of carbonyl (C=O) groups excluding carboxylic acids is 1. The van der Waals surface area contributed by atoms with Gasteiger partial charge < -0.3 is 25.0 Å². The first-order valence-corrected chi connectivity index (χ1v) is 7.21. The summed E-state index contributed by atoms with van der Waals surface area (Å²) in [5.41, 5.74) is 6.93. The van der Waals surface area contributed by atoms with Gasteiger partial charge in [0.05, 0.1) is 5.56 Å². The van der Waals surface area contributed by atoms with Gasteiger partial charge in [0.25, 0.3) is 5.91 Å². The van der Waals surface area contributed by atoms with Gasteiger partial charge >= 0.3 is 0 Å². The van der Waals surface area contributed by atoms with Crippen molar-refractivity contribution in [3.63, 3.8) is 0 Å². The van der Waals surface area contributed by atoms with Gasteiger partial charge in [-0.05, 0) is 33.0 Å². The molecule has 0 unspecified atom stereocenters. The van der Waals surface area contributed by atoms with Gasteiger partial charge in [-0.25, -0.2) is 0 Å². The maximum atomic E-state index is 12.6. The van der Waals surface area contributed by atoms with Crippen LogP contribution in [0.3, 0.4) is 0 Å². The Hall–Kier alpha value is -1.95. The number of nitrogen functional groups attached to an aromatic ring is 1. The smallest absolute Gasteiger partial charge is 0.256 e. The van der Waals surface area contributed by atoms with Gasteiger partial charge in [0.1, 0.15) is 0 Å². The molecule has 1 amide bonds. The summed E-state index contributed by atoms with van der Waals surface area (Å²) in [5, 5.41) is 0. The van der Waals surface area contributed by atoms with Crippen molar-refractivity contribution in [1.29, 1.82) is 0 Å². The number of nitrogens with two attached hydrogens (primary N) is 1. The number of ether oxygens (including phenoxy) is 2. The van der Waals surface area contributed by atoms with E-state index in [9.17, 15) is 4.79 Å². The molecule has 2 heterocycles. The monoisotopic (exact) mass is 291 g/mol. The summed E-state index contributed by atoms with van der Waals surface area (Å²) in [6.45, 7) is 1.70. The van der Waals surface area contributed by atoms with Crippen LogP contribution in [0.25, 0.3) is 0 Å². The predicted octanol–water partition coefficient (Wildman–Crippen LogP) is 1.16. The quantitative estimate of drug-likeness (QED) is 0.828. The fraction of sp³-hybridized carbons (Fsp3) is 0.533. The second kappa shape index (κ2) is 5.44. The third-order valence-corrected chi connectivity index (χ3v) is 4.26. The molecule has 0 radical (unpaired) electrons. The normalized spacial score (nSPS) is 18.3. The minimum atomic E-state index is -0.0250. The summed E-state index contributed by atoms with van der Waals surface area (Å²) in [7, 11) is 4.16. The number of hydrogen-bond acceptors (Lipinski definition) is 5. The third kappa shape index (κ3) is 2.63. The van der Waals surface area contributed by atoms with Crippen LogP contribution in [0.5, 0.6) is 11.5 Å². The number of benzene rings is 1. The number of rotatable bonds is 2. The molecule has 0 spiro atoms. The molecule has 0 bridgehead atoms. The third-order valence-electron chi connectivity index (χ3n) is 4.26. The highest BCUT2D eigenvalue weighted by atomic mass is 16.7. The van der Waals surface area contributed by atoms with Crippen molar-refractivity contribution in [2.45, 2.75) is 18.9 Å². The minimum Gasteiger partial charge on any atom is -0.454 e. The van der Waals surface area contributed by atoms with E-state index in [2.05, 4.69) is 19.0 Å². The Kier molecular flexibility index (Phi) is 3.63. The van der Waals surface area contributed by atoms with E-state index in [-0.39, 0.29) is 12.7 Å². The highest BCUT2D eigenvalue weighted by Crippen LogP contribution is 2.36. The van der Waals surface area contributed by atoms with Crippen molar-refractivity contribution in [3.05, 3.63) is 17.7 Å². The number of hydrogen-bond donors (Lipinski definition) is 1. The average molecular weight is 291 g/mol. The van der Waals surface area contributed by atoms with Crippen LogP contribution in [0, 0.1) is 0 Å². The molecule has 114 valence electrons. The SMILES string of the molecule is CN(C)C1CCN(C(=O)c2cc3c(cc2N)OCO3)CC1. The molecule has 0 saturated carbocycles. The van der Waals surface area contributed by atoms with Crippen molar-refractivity contribution < 1.29 is 14.3 Å². The first-order valence-electron chi connectivity index (χ1n) is 7.21. The molecule has 6 nitrogen and oxygen atoms in total. The van der Waals surface area contributed by atoms with Gasteiger partial charge in [-0.15, -0.1) is 0 Å². The van der Waals surface area contributed by atoms with Crippen LogP contribution < -0.4 is 15.2 Å². The molecule has 3 rings (SSSR count). The molecular formula is C15H21N3O3. The predicted molar refractivity (Wildman–Crippen MR) is 79.6 cm³/mol. The molecule has 1 fully saturated rings. The topological polar surface area (TPSA) is 68.0 Å². The summed E-state index contributed by atoms with van der Waals surface area (Å²) in [6.07, 6.45) is 1.98. The first kappa shape index (κ1) is 14.0. The zero-order valence-electron chi connectivity index (χ0n) is 12.5. The Morgan fingerprint density at radius 2 is 1.86 bits per heavy atom. The number of fused-ring (bicyclic) bond motifs is 1. The lowest BCUT2D eigenvalue weighted by Crippen LogP contribution is -2.44. The van der Waals surface area contributed by atoms with Gasteiger partial charge in [0, 0.05) is 30.9 Å². The molecule has 2 aliphatic heterocycles. The fourth-order valence-electron chi connectivity index (χ4n) is 2.90. The second-order valence-electron chi connectivity index (χ2n) is 5.78. The van der Waals surface area contributed by atoms with Crippen LogP contribution in [0.15, 0.2) is 12.1 Å². The lowest BCUT2D eigenvalue weighted by atomic mass is 10.0. The second-order valence-corrected chi connectivity index (χ2v) is 5.78. The van der Waals surface area contributed by atoms with Crippen molar-refractivity contribution in [2.24, 2.45) is 0 Å². The van der Waals surface area contributed by atoms with Crippen LogP contribution in [0.4, 0.5) is 5.69 Å². The number of piperidine rings is 1. The van der Waals surface area contributed by atoms with E-state index in [1.807, 2.05) is 4.90 Å². The Labute approximate surface area is 124 Å². The van der Waals surface area contributed by atoms with Gasteiger partial charge in [-0.2, -0.15) is 0 Å². The van der Waals surface area contributed by atoms with Crippen LogP contribution in [0.2, 0.25) is 0 Å². The van der Waals surface area contributed by atoms with E-state index in [0.717, 1.165) is 25.9 Å². The van der Waals surface area contributed by atoms with E-state index in [1.165, 1.54) is 0 Å². The molecule has 1 saturated heterocycles. The van der Waals surface area contributed by atoms with Crippen molar-refractivity contribution in [1.82, 2.24) is 9.80 Å². The molecule has 21 heavy (non-hydrogen) atoms. The largest absolute Gasteiger partial charge is 0.454 e. The lowest BCUT2D eigenvalue weighted by Gasteiger charge is -2.35. The number of anilines is 1. The van der Waals surface area contributed by atoms with Gasteiger partial charge in [0.15, 0.2) is 11.5 Å². The average Bonchev–Trinajstić information content (AvgIpc) is 2.93. The lowest BCUT2D eigenvalue weighted by molar-refractivity contribution is 0.0664. The number of likely N-dealkylation sites (tertiary alicyclic amines) is 1. The van der Waals surface area contributed by atoms with Crippen LogP contribution >= 0.6 is 0 Å². The summed E-state index contributed by atoms with van der Waals surface area (Å²) < 4.78 is 10.6. The zero-order valence-corrected chi connectivity index (χ0v) is 12.5. The Balaban J connectivity index is 1.74. The van der Waals surface area contributed by atoms with Gasteiger partial charge in [0.2, 0.25) is 6.79 Å². The highest BCUT2D eigenvalue weighted by molar-refractivity contribution is 6.00. The van der Waals surface area contributed by atoms with Gasteiger partial charge in [-0.1, -0.05) is 0 Å². The molecule has 0 aromatic heterocycles. The van der Waals surface area contributed by atoms with Crippen molar-refractivity contribution in [3.8, 4) is 11.5 Å². The van der Waals surface area contributed by atoms with E-state index in [1.54, 1.807) is 12.1 Å². The van der Waals surface area contributed by atoms with Crippen molar-refractivity contribution in [2.75, 3.05) is 39.7 Å². The molecule has 2 aliphatic rings. The highest BCUT2D eigenvalue weighted by Gasteiger charge is 2.27. The number of carbonyl (C=O) groups is 1. The molecule has 2 N–H and O–H groups in total. The van der Waals surface area contributed by atoms with E-state index < -0.39 is 0 Å². The molecule has 6 heteroatoms. The molecular weight excluding hydrogens is 270 g/mol. The Morgan fingerprint density at radius 1 is 1.24 bits per heavy atom. The minimum absolute atomic E-state index is 0.0250. The maximum absolute atomic E-state index is 12.6. The van der Waals surface area contributed by atoms with E-state index >= 15 is 0 Å². The summed E-state index contributed by atoms with van der Waals surface area (Å²) in [4.78, 5) is 16.7. The Bertz CT molecular complexity index is 551. The summed E-state index contributed by atoms with van der Waals surface area (Å²) >= 11 is 0. The molecule has 0 aliphatic carbocycles. The summed E-state index contributed by atoms with van der Waals surface area (Å²) in [5.74, 6) is 1.18. The Morgan fingerprint density at radius 3 is 2.48 bits per heavy atom. The van der Waals surface area contributed by atoms with Crippen LogP contribution in [0.1, 0.15) is 23.2 Å².